The molecule has 0 heterocycles. The molecule has 0 aliphatic carbocycles. The van der Waals surface area contributed by atoms with E-state index in [0.29, 0.717) is 5.56 Å². The monoisotopic (exact) mass is 300 g/mol. The molecule has 1 aromatic carbocycles. The van der Waals surface area contributed by atoms with Gasteiger partial charge in [0, 0.05) is 3.92 Å². The zero-order chi connectivity index (χ0) is 10.1. The molecular weight excluding hydrogens is 292 g/mol. The van der Waals surface area contributed by atoms with Gasteiger partial charge in [-0.1, -0.05) is 40.8 Å². The summed E-state index contributed by atoms with van der Waals surface area (Å²) in [4.78, 5) is 0. The van der Waals surface area contributed by atoms with Gasteiger partial charge in [0.1, 0.15) is 0 Å². The molecule has 72 valence electrons. The Morgan fingerprint density at radius 1 is 1.23 bits per heavy atom. The summed E-state index contributed by atoms with van der Waals surface area (Å²) in [5.41, 5.74) is -0.187. The lowest BCUT2D eigenvalue weighted by Gasteiger charge is -2.13. The van der Waals surface area contributed by atoms with E-state index in [2.05, 4.69) is 0 Å². The van der Waals surface area contributed by atoms with Crippen molar-refractivity contribution in [3.63, 3.8) is 0 Å². The van der Waals surface area contributed by atoms with Crippen LogP contribution in [0.3, 0.4) is 0 Å². The number of benzene rings is 1. The van der Waals surface area contributed by atoms with E-state index >= 15 is 0 Å². The average Bonchev–Trinajstić information content (AvgIpc) is 2.03. The lowest BCUT2D eigenvalue weighted by atomic mass is 10.1. The predicted molar refractivity (Wildman–Crippen MR) is 53.9 cm³/mol. The first-order chi connectivity index (χ1) is 5.93. The number of halogens is 4. The second-order valence-electron chi connectivity index (χ2n) is 2.70. The van der Waals surface area contributed by atoms with Gasteiger partial charge in [-0.15, -0.1) is 0 Å². The molecule has 0 spiro atoms. The van der Waals surface area contributed by atoms with E-state index in [4.69, 9.17) is 0 Å². The summed E-state index contributed by atoms with van der Waals surface area (Å²) in [6.07, 6.45) is -4.24. The Kier molecular flexibility index (Phi) is 3.21. The van der Waals surface area contributed by atoms with E-state index in [1.807, 2.05) is 22.6 Å². The zero-order valence-corrected chi connectivity index (χ0v) is 9.06. The van der Waals surface area contributed by atoms with E-state index < -0.39 is 11.7 Å². The van der Waals surface area contributed by atoms with Crippen LogP contribution in [0.25, 0.3) is 0 Å². The first kappa shape index (κ1) is 10.8. The molecule has 4 heteroatoms. The van der Waals surface area contributed by atoms with Crippen molar-refractivity contribution in [3.05, 3.63) is 35.4 Å². The Balaban J connectivity index is 3.20. The third kappa shape index (κ3) is 2.59. The largest absolute Gasteiger partial charge is 0.416 e. The smallest absolute Gasteiger partial charge is 0.166 e. The summed E-state index contributed by atoms with van der Waals surface area (Å²) in [7, 11) is 0. The quantitative estimate of drug-likeness (QED) is 0.538. The van der Waals surface area contributed by atoms with E-state index in [-0.39, 0.29) is 3.92 Å². The van der Waals surface area contributed by atoms with Crippen molar-refractivity contribution in [1.82, 2.24) is 0 Å². The molecule has 13 heavy (non-hydrogen) atoms. The summed E-state index contributed by atoms with van der Waals surface area (Å²) in [5, 5.41) is 0. The Labute approximate surface area is 88.3 Å². The molecule has 0 fully saturated rings. The van der Waals surface area contributed by atoms with Crippen molar-refractivity contribution in [1.29, 1.82) is 0 Å². The van der Waals surface area contributed by atoms with Gasteiger partial charge in [-0.05, 0) is 18.6 Å². The van der Waals surface area contributed by atoms with E-state index in [9.17, 15) is 13.2 Å². The van der Waals surface area contributed by atoms with Crippen LogP contribution < -0.4 is 0 Å². The molecular formula is C9H8F3I. The van der Waals surface area contributed by atoms with Gasteiger partial charge in [-0.2, -0.15) is 13.2 Å². The third-order valence-corrected chi connectivity index (χ3v) is 2.37. The molecule has 1 rings (SSSR count). The highest BCUT2D eigenvalue weighted by atomic mass is 127. The molecule has 0 saturated carbocycles. The fourth-order valence-electron chi connectivity index (χ4n) is 1.10. The summed E-state index contributed by atoms with van der Waals surface area (Å²) in [5.74, 6) is 0. The highest BCUT2D eigenvalue weighted by Gasteiger charge is 2.33. The van der Waals surface area contributed by atoms with Crippen molar-refractivity contribution in [3.8, 4) is 0 Å². The van der Waals surface area contributed by atoms with Crippen molar-refractivity contribution in [2.24, 2.45) is 0 Å². The minimum Gasteiger partial charge on any atom is -0.166 e. The molecule has 0 bridgehead atoms. The van der Waals surface area contributed by atoms with Gasteiger partial charge in [-0.3, -0.25) is 0 Å². The molecule has 0 N–H and O–H groups in total. The lowest BCUT2D eigenvalue weighted by molar-refractivity contribution is -0.138. The topological polar surface area (TPSA) is 0 Å². The van der Waals surface area contributed by atoms with Gasteiger partial charge in [0.05, 0.1) is 5.56 Å². The van der Waals surface area contributed by atoms with Crippen LogP contribution in [0.1, 0.15) is 22.0 Å². The third-order valence-electron chi connectivity index (χ3n) is 1.69. The Morgan fingerprint density at radius 3 is 2.15 bits per heavy atom. The molecule has 0 radical (unpaired) electrons. The molecule has 1 aromatic rings. The number of alkyl halides is 4. The highest BCUT2D eigenvalue weighted by Crippen LogP contribution is 2.36. The van der Waals surface area contributed by atoms with Crippen LogP contribution in [0.15, 0.2) is 24.3 Å². The second kappa shape index (κ2) is 3.86. The summed E-state index contributed by atoms with van der Waals surface area (Å²) < 4.78 is 37.1. The molecule has 0 aliphatic rings. The van der Waals surface area contributed by atoms with Crippen molar-refractivity contribution in [2.45, 2.75) is 17.0 Å². The fourth-order valence-corrected chi connectivity index (χ4v) is 1.65. The summed E-state index contributed by atoms with van der Waals surface area (Å²) in [6.45, 7) is 1.74. The van der Waals surface area contributed by atoms with Crippen LogP contribution in [0, 0.1) is 0 Å². The average molecular weight is 300 g/mol. The molecule has 1 atom stereocenters. The second-order valence-corrected chi connectivity index (χ2v) is 4.57. The van der Waals surface area contributed by atoms with Crippen LogP contribution in [0.4, 0.5) is 13.2 Å². The maximum Gasteiger partial charge on any atom is 0.416 e. The SMILES string of the molecule is CC(I)c1ccccc1C(F)(F)F. The summed E-state index contributed by atoms with van der Waals surface area (Å²) in [6, 6.07) is 5.66. The number of hydrogen-bond donors (Lipinski definition) is 0. The highest BCUT2D eigenvalue weighted by molar-refractivity contribution is 14.1. The molecule has 0 nitrogen and oxygen atoms in total. The van der Waals surface area contributed by atoms with E-state index in [1.54, 1.807) is 13.0 Å². The van der Waals surface area contributed by atoms with Crippen molar-refractivity contribution >= 4 is 22.6 Å². The minimum atomic E-state index is -4.24. The summed E-state index contributed by atoms with van der Waals surface area (Å²) >= 11 is 1.97. The minimum absolute atomic E-state index is 0.129. The molecule has 0 amide bonds. The number of hydrogen-bond acceptors (Lipinski definition) is 0. The van der Waals surface area contributed by atoms with Crippen LogP contribution in [-0.4, -0.2) is 0 Å². The van der Waals surface area contributed by atoms with Gasteiger partial charge in [-0.25, -0.2) is 0 Å². The van der Waals surface area contributed by atoms with Gasteiger partial charge in [0.2, 0.25) is 0 Å². The van der Waals surface area contributed by atoms with Gasteiger partial charge in [0.15, 0.2) is 0 Å². The molecule has 0 aromatic heterocycles. The van der Waals surface area contributed by atoms with Gasteiger partial charge < -0.3 is 0 Å². The first-order valence-corrected chi connectivity index (χ1v) is 4.97. The fraction of sp³-hybridized carbons (Fsp3) is 0.333. The Bertz CT molecular complexity index is 291. The van der Waals surface area contributed by atoms with Crippen LogP contribution in [0.5, 0.6) is 0 Å². The Morgan fingerprint density at radius 2 is 1.77 bits per heavy atom. The van der Waals surface area contributed by atoms with Crippen LogP contribution in [-0.2, 0) is 6.18 Å². The molecule has 0 aliphatic heterocycles. The maximum atomic E-state index is 12.4. The molecule has 0 saturated heterocycles. The van der Waals surface area contributed by atoms with Gasteiger partial charge in [0.25, 0.3) is 0 Å². The Hall–Kier alpha value is -0.260. The standard InChI is InChI=1S/C9H8F3I/c1-6(13)7-4-2-3-5-8(7)9(10,11)12/h2-6H,1H3. The predicted octanol–water partition coefficient (Wildman–Crippen LogP) is 4.20. The number of rotatable bonds is 1. The van der Waals surface area contributed by atoms with E-state index in [0.717, 1.165) is 6.07 Å². The first-order valence-electron chi connectivity index (χ1n) is 3.73. The van der Waals surface area contributed by atoms with Crippen LogP contribution in [0.2, 0.25) is 0 Å². The lowest BCUT2D eigenvalue weighted by Crippen LogP contribution is -2.08. The normalized spacial score (nSPS) is 14.2. The zero-order valence-electron chi connectivity index (χ0n) is 6.90. The molecule has 1 unspecified atom stereocenters. The van der Waals surface area contributed by atoms with Gasteiger partial charge >= 0.3 is 6.18 Å². The van der Waals surface area contributed by atoms with E-state index in [1.165, 1.54) is 12.1 Å². The van der Waals surface area contributed by atoms with Crippen molar-refractivity contribution < 1.29 is 13.2 Å². The van der Waals surface area contributed by atoms with Crippen molar-refractivity contribution in [2.75, 3.05) is 0 Å². The van der Waals surface area contributed by atoms with Crippen LogP contribution >= 0.6 is 22.6 Å². The maximum absolute atomic E-state index is 12.4.